The molecule has 6 heteroatoms. The van der Waals surface area contributed by atoms with Gasteiger partial charge in [-0.05, 0) is 18.6 Å². The molecule has 2 aromatic rings. The van der Waals surface area contributed by atoms with Crippen molar-refractivity contribution in [3.05, 3.63) is 24.1 Å². The predicted molar refractivity (Wildman–Crippen MR) is 70.4 cm³/mol. The lowest BCUT2D eigenvalue weighted by molar-refractivity contribution is 0.464. The normalized spacial score (nSPS) is 13.9. The Hall–Kier alpha value is -1.07. The van der Waals surface area contributed by atoms with Crippen LogP contribution in [0.15, 0.2) is 27.5 Å². The summed E-state index contributed by atoms with van der Waals surface area (Å²) >= 11 is 0. The third kappa shape index (κ3) is 2.52. The summed E-state index contributed by atoms with van der Waals surface area (Å²) < 4.78 is 28.4. The van der Waals surface area contributed by atoms with E-state index in [1.54, 1.807) is 12.1 Å². The predicted octanol–water partition coefficient (Wildman–Crippen LogP) is 3.66. The quantitative estimate of drug-likeness (QED) is 0.805. The van der Waals surface area contributed by atoms with E-state index in [2.05, 4.69) is 11.9 Å². The van der Waals surface area contributed by atoms with Gasteiger partial charge in [0, 0.05) is 16.6 Å². The van der Waals surface area contributed by atoms with Crippen molar-refractivity contribution in [1.29, 1.82) is 0 Å². The van der Waals surface area contributed by atoms with E-state index in [1.165, 1.54) is 6.07 Å². The van der Waals surface area contributed by atoms with Crippen molar-refractivity contribution in [1.82, 2.24) is 4.98 Å². The molecule has 0 N–H and O–H groups in total. The van der Waals surface area contributed by atoms with Crippen LogP contribution in [0.5, 0.6) is 0 Å². The first-order valence-corrected chi connectivity index (χ1v) is 8.08. The van der Waals surface area contributed by atoms with Crippen LogP contribution in [0.2, 0.25) is 0 Å². The molecule has 98 valence electrons. The van der Waals surface area contributed by atoms with Crippen LogP contribution >= 0.6 is 10.7 Å². The molecule has 0 aliphatic carbocycles. The first kappa shape index (κ1) is 13.4. The molecule has 0 aliphatic heterocycles. The maximum atomic E-state index is 11.4. The summed E-state index contributed by atoms with van der Waals surface area (Å²) in [5.74, 6) is 0.716. The molecule has 0 fully saturated rings. The highest BCUT2D eigenvalue weighted by Gasteiger charge is 2.20. The molecule has 0 amide bonds. The van der Waals surface area contributed by atoms with E-state index in [0.29, 0.717) is 11.4 Å². The summed E-state index contributed by atoms with van der Waals surface area (Å²) in [5, 5.41) is 0. The Morgan fingerprint density at radius 3 is 2.78 bits per heavy atom. The number of fused-ring (bicyclic) bond motifs is 1. The van der Waals surface area contributed by atoms with E-state index >= 15 is 0 Å². The number of hydrogen-bond acceptors (Lipinski definition) is 4. The molecule has 1 aromatic heterocycles. The van der Waals surface area contributed by atoms with Crippen molar-refractivity contribution in [3.63, 3.8) is 0 Å². The van der Waals surface area contributed by atoms with Gasteiger partial charge in [0.1, 0.15) is 10.4 Å². The van der Waals surface area contributed by atoms with Crippen molar-refractivity contribution in [2.24, 2.45) is 0 Å². The van der Waals surface area contributed by atoms with Crippen LogP contribution in [0.4, 0.5) is 0 Å². The van der Waals surface area contributed by atoms with Gasteiger partial charge in [0.25, 0.3) is 9.05 Å². The maximum Gasteiger partial charge on any atom is 0.265 e. The van der Waals surface area contributed by atoms with Crippen LogP contribution in [0.3, 0.4) is 0 Å². The van der Waals surface area contributed by atoms with Gasteiger partial charge in [-0.1, -0.05) is 26.3 Å². The Morgan fingerprint density at radius 2 is 2.17 bits per heavy atom. The SMILES string of the molecule is CCC[C@H](C)c1nc2cccc(S(=O)(=O)Cl)c2o1. The molecule has 0 spiro atoms. The van der Waals surface area contributed by atoms with E-state index in [-0.39, 0.29) is 16.4 Å². The van der Waals surface area contributed by atoms with Crippen LogP contribution in [0, 0.1) is 0 Å². The smallest absolute Gasteiger partial charge is 0.265 e. The summed E-state index contributed by atoms with van der Waals surface area (Å²) in [6.45, 7) is 4.08. The van der Waals surface area contributed by atoms with Gasteiger partial charge in [0.05, 0.1) is 0 Å². The number of rotatable bonds is 4. The largest absolute Gasteiger partial charge is 0.439 e. The lowest BCUT2D eigenvalue weighted by Crippen LogP contribution is -1.92. The first-order valence-electron chi connectivity index (χ1n) is 5.77. The van der Waals surface area contributed by atoms with Crippen molar-refractivity contribution < 1.29 is 12.8 Å². The Kier molecular flexibility index (Phi) is 3.64. The molecule has 18 heavy (non-hydrogen) atoms. The van der Waals surface area contributed by atoms with Gasteiger partial charge in [-0.3, -0.25) is 0 Å². The monoisotopic (exact) mass is 287 g/mol. The Balaban J connectivity index is 2.58. The van der Waals surface area contributed by atoms with Crippen LogP contribution in [-0.2, 0) is 9.05 Å². The Morgan fingerprint density at radius 1 is 1.44 bits per heavy atom. The molecule has 0 saturated heterocycles. The zero-order chi connectivity index (χ0) is 13.3. The first-order chi connectivity index (χ1) is 8.43. The van der Waals surface area contributed by atoms with Gasteiger partial charge in [-0.25, -0.2) is 13.4 Å². The number of para-hydroxylation sites is 1. The van der Waals surface area contributed by atoms with Crippen molar-refractivity contribution >= 4 is 30.8 Å². The molecule has 0 unspecified atom stereocenters. The van der Waals surface area contributed by atoms with Crippen LogP contribution < -0.4 is 0 Å². The molecule has 1 aromatic carbocycles. The number of hydrogen-bond donors (Lipinski definition) is 0. The van der Waals surface area contributed by atoms with E-state index in [1.807, 2.05) is 6.92 Å². The molecule has 0 radical (unpaired) electrons. The summed E-state index contributed by atoms with van der Waals surface area (Å²) in [5.41, 5.74) is 0.764. The molecule has 2 rings (SSSR count). The van der Waals surface area contributed by atoms with Gasteiger partial charge in [-0.2, -0.15) is 0 Å². The van der Waals surface area contributed by atoms with Gasteiger partial charge in [0.2, 0.25) is 0 Å². The third-order valence-electron chi connectivity index (χ3n) is 2.80. The van der Waals surface area contributed by atoms with E-state index in [4.69, 9.17) is 15.1 Å². The lowest BCUT2D eigenvalue weighted by Gasteiger charge is -2.03. The number of benzene rings is 1. The van der Waals surface area contributed by atoms with Gasteiger partial charge in [-0.15, -0.1) is 0 Å². The third-order valence-corrected chi connectivity index (χ3v) is 4.15. The number of nitrogens with zero attached hydrogens (tertiary/aromatic N) is 1. The Bertz CT molecular complexity index is 663. The van der Waals surface area contributed by atoms with Crippen LogP contribution in [0.1, 0.15) is 38.5 Å². The van der Waals surface area contributed by atoms with Gasteiger partial charge >= 0.3 is 0 Å². The molecule has 4 nitrogen and oxygen atoms in total. The molecule has 1 atom stereocenters. The summed E-state index contributed by atoms with van der Waals surface area (Å²) in [6.07, 6.45) is 1.95. The topological polar surface area (TPSA) is 60.2 Å². The van der Waals surface area contributed by atoms with Crippen LogP contribution in [0.25, 0.3) is 11.1 Å². The van der Waals surface area contributed by atoms with Crippen molar-refractivity contribution in [2.45, 2.75) is 37.5 Å². The molecule has 0 bridgehead atoms. The number of halogens is 1. The second-order valence-electron chi connectivity index (χ2n) is 4.28. The molecule has 0 saturated carbocycles. The second-order valence-corrected chi connectivity index (χ2v) is 6.82. The minimum absolute atomic E-state index is 0.0240. The maximum absolute atomic E-state index is 11.4. The second kappa shape index (κ2) is 4.90. The highest BCUT2D eigenvalue weighted by atomic mass is 35.7. The van der Waals surface area contributed by atoms with Gasteiger partial charge in [0.15, 0.2) is 11.5 Å². The molecular weight excluding hydrogens is 274 g/mol. The Labute approximate surface area is 110 Å². The molecule has 1 heterocycles. The molecule has 0 aliphatic rings. The minimum atomic E-state index is -3.82. The highest BCUT2D eigenvalue weighted by Crippen LogP contribution is 2.30. The average molecular weight is 288 g/mol. The summed E-state index contributed by atoms with van der Waals surface area (Å²) in [6, 6.07) is 4.74. The fourth-order valence-corrected chi connectivity index (χ4v) is 2.87. The van der Waals surface area contributed by atoms with E-state index < -0.39 is 9.05 Å². The standard InChI is InChI=1S/C12H14ClNO3S/c1-3-5-8(2)12-14-9-6-4-7-10(11(9)17-12)18(13,15)16/h4,6-8H,3,5H2,1-2H3/t8-/m0/s1. The highest BCUT2D eigenvalue weighted by molar-refractivity contribution is 8.13. The summed E-state index contributed by atoms with van der Waals surface area (Å²) in [4.78, 5) is 4.29. The zero-order valence-electron chi connectivity index (χ0n) is 10.2. The van der Waals surface area contributed by atoms with E-state index in [0.717, 1.165) is 12.8 Å². The number of oxazole rings is 1. The van der Waals surface area contributed by atoms with Crippen LogP contribution in [-0.4, -0.2) is 13.4 Å². The van der Waals surface area contributed by atoms with E-state index in [9.17, 15) is 8.42 Å². The van der Waals surface area contributed by atoms with Gasteiger partial charge < -0.3 is 4.42 Å². The number of aromatic nitrogens is 1. The summed E-state index contributed by atoms with van der Waals surface area (Å²) in [7, 11) is 1.56. The fourth-order valence-electron chi connectivity index (χ4n) is 1.90. The minimum Gasteiger partial charge on any atom is -0.439 e. The average Bonchev–Trinajstić information content (AvgIpc) is 2.71. The van der Waals surface area contributed by atoms with Crippen molar-refractivity contribution in [3.8, 4) is 0 Å². The fraction of sp³-hybridized carbons (Fsp3) is 0.417. The zero-order valence-corrected chi connectivity index (χ0v) is 11.8. The lowest BCUT2D eigenvalue weighted by atomic mass is 10.1. The molecular formula is C12H14ClNO3S. The van der Waals surface area contributed by atoms with Crippen molar-refractivity contribution in [2.75, 3.05) is 0 Å².